The van der Waals surface area contributed by atoms with Gasteiger partial charge in [-0.25, -0.2) is 0 Å². The van der Waals surface area contributed by atoms with Crippen molar-refractivity contribution in [3.8, 4) is 11.5 Å². The largest absolute Gasteiger partial charge is 0.493 e. The van der Waals surface area contributed by atoms with Crippen molar-refractivity contribution in [1.29, 1.82) is 0 Å². The highest BCUT2D eigenvalue weighted by Gasteiger charge is 2.13. The van der Waals surface area contributed by atoms with Crippen molar-refractivity contribution in [1.82, 2.24) is 4.90 Å². The molecule has 0 radical (unpaired) electrons. The number of anilines is 1. The van der Waals surface area contributed by atoms with E-state index in [0.29, 0.717) is 11.5 Å². The summed E-state index contributed by atoms with van der Waals surface area (Å²) in [6.45, 7) is 3.83. The summed E-state index contributed by atoms with van der Waals surface area (Å²) in [4.78, 5) is 26.0. The molecule has 0 aliphatic rings. The monoisotopic (exact) mass is 382 g/mol. The molecular formula is C22H26N2O4. The number of carbonyl (C=O) groups is 2. The number of benzene rings is 2. The quantitative estimate of drug-likeness (QED) is 0.745. The van der Waals surface area contributed by atoms with Crippen LogP contribution in [-0.2, 0) is 9.59 Å². The van der Waals surface area contributed by atoms with E-state index in [-0.39, 0.29) is 18.4 Å². The molecule has 28 heavy (non-hydrogen) atoms. The van der Waals surface area contributed by atoms with Crippen molar-refractivity contribution in [3.63, 3.8) is 0 Å². The van der Waals surface area contributed by atoms with E-state index in [0.717, 1.165) is 22.4 Å². The molecule has 6 heteroatoms. The predicted octanol–water partition coefficient (Wildman–Crippen LogP) is 3.43. The normalized spacial score (nSPS) is 10.6. The SMILES string of the molecule is COc1ccc(/C=C/C(=O)N(C)CC(=O)Nc2c(C)cccc2C)cc1OC. The molecule has 0 atom stereocenters. The van der Waals surface area contributed by atoms with Gasteiger partial charge >= 0.3 is 0 Å². The minimum atomic E-state index is -0.272. The Labute approximate surface area is 165 Å². The van der Waals surface area contributed by atoms with Crippen LogP contribution in [0.1, 0.15) is 16.7 Å². The molecule has 0 saturated carbocycles. The average molecular weight is 382 g/mol. The van der Waals surface area contributed by atoms with Crippen LogP contribution in [0.25, 0.3) is 6.08 Å². The van der Waals surface area contributed by atoms with Crippen LogP contribution in [0.2, 0.25) is 0 Å². The molecule has 0 saturated heterocycles. The van der Waals surface area contributed by atoms with Crippen LogP contribution >= 0.6 is 0 Å². The highest BCUT2D eigenvalue weighted by Crippen LogP contribution is 2.28. The number of nitrogens with zero attached hydrogens (tertiary/aromatic N) is 1. The summed E-state index contributed by atoms with van der Waals surface area (Å²) in [6, 6.07) is 11.2. The number of aryl methyl sites for hydroxylation is 2. The van der Waals surface area contributed by atoms with Gasteiger partial charge in [0.1, 0.15) is 0 Å². The van der Waals surface area contributed by atoms with Crippen molar-refractivity contribution >= 4 is 23.6 Å². The third-order valence-electron chi connectivity index (χ3n) is 4.33. The third kappa shape index (κ3) is 5.36. The lowest BCUT2D eigenvalue weighted by Gasteiger charge is -2.16. The maximum atomic E-state index is 12.3. The Morgan fingerprint density at radius 2 is 1.68 bits per heavy atom. The molecule has 0 fully saturated rings. The van der Waals surface area contributed by atoms with Gasteiger partial charge in [-0.1, -0.05) is 24.3 Å². The molecule has 0 spiro atoms. The molecule has 0 heterocycles. The fourth-order valence-corrected chi connectivity index (χ4v) is 2.74. The van der Waals surface area contributed by atoms with E-state index < -0.39 is 0 Å². The third-order valence-corrected chi connectivity index (χ3v) is 4.33. The molecule has 0 bridgehead atoms. The van der Waals surface area contributed by atoms with Gasteiger partial charge in [-0.3, -0.25) is 9.59 Å². The number of methoxy groups -OCH3 is 2. The van der Waals surface area contributed by atoms with Crippen molar-refractivity contribution in [2.24, 2.45) is 0 Å². The lowest BCUT2D eigenvalue weighted by atomic mass is 10.1. The number of nitrogens with one attached hydrogen (secondary N) is 1. The highest BCUT2D eigenvalue weighted by molar-refractivity contribution is 5.98. The van der Waals surface area contributed by atoms with Gasteiger partial charge in [0.2, 0.25) is 11.8 Å². The molecule has 0 aliphatic carbocycles. The van der Waals surface area contributed by atoms with Crippen molar-refractivity contribution < 1.29 is 19.1 Å². The summed E-state index contributed by atoms with van der Waals surface area (Å²) < 4.78 is 10.4. The van der Waals surface area contributed by atoms with Crippen LogP contribution in [0.3, 0.4) is 0 Å². The lowest BCUT2D eigenvalue weighted by Crippen LogP contribution is -2.34. The van der Waals surface area contributed by atoms with Gasteiger partial charge in [-0.05, 0) is 48.7 Å². The minimum Gasteiger partial charge on any atom is -0.493 e. The predicted molar refractivity (Wildman–Crippen MR) is 111 cm³/mol. The fourth-order valence-electron chi connectivity index (χ4n) is 2.74. The zero-order chi connectivity index (χ0) is 20.7. The second-order valence-corrected chi connectivity index (χ2v) is 6.46. The maximum absolute atomic E-state index is 12.3. The molecule has 1 N–H and O–H groups in total. The Bertz CT molecular complexity index is 870. The number of ether oxygens (including phenoxy) is 2. The first-order valence-corrected chi connectivity index (χ1v) is 8.87. The van der Waals surface area contributed by atoms with Crippen molar-refractivity contribution in [2.75, 3.05) is 33.1 Å². The summed E-state index contributed by atoms with van der Waals surface area (Å²) in [5.74, 6) is 0.684. The zero-order valence-corrected chi connectivity index (χ0v) is 16.9. The number of hydrogen-bond donors (Lipinski definition) is 1. The van der Waals surface area contributed by atoms with Gasteiger partial charge < -0.3 is 19.7 Å². The molecule has 2 amide bonds. The first-order valence-electron chi connectivity index (χ1n) is 8.87. The fraction of sp³-hybridized carbons (Fsp3) is 0.273. The second-order valence-electron chi connectivity index (χ2n) is 6.46. The van der Waals surface area contributed by atoms with E-state index in [1.165, 1.54) is 11.0 Å². The number of hydrogen-bond acceptors (Lipinski definition) is 4. The van der Waals surface area contributed by atoms with E-state index in [1.54, 1.807) is 39.5 Å². The number of rotatable bonds is 7. The van der Waals surface area contributed by atoms with E-state index in [4.69, 9.17) is 9.47 Å². The first kappa shape index (κ1) is 21.0. The van der Waals surface area contributed by atoms with Crippen LogP contribution in [0.4, 0.5) is 5.69 Å². The van der Waals surface area contributed by atoms with Crippen LogP contribution in [0.5, 0.6) is 11.5 Å². The second kappa shape index (κ2) is 9.60. The lowest BCUT2D eigenvalue weighted by molar-refractivity contribution is -0.129. The van der Waals surface area contributed by atoms with E-state index in [1.807, 2.05) is 38.1 Å². The molecule has 0 aliphatic heterocycles. The van der Waals surface area contributed by atoms with Gasteiger partial charge in [0.05, 0.1) is 20.8 Å². The van der Waals surface area contributed by atoms with Crippen molar-refractivity contribution in [2.45, 2.75) is 13.8 Å². The smallest absolute Gasteiger partial charge is 0.246 e. The Morgan fingerprint density at radius 3 is 2.29 bits per heavy atom. The summed E-state index contributed by atoms with van der Waals surface area (Å²) >= 11 is 0. The Hall–Kier alpha value is -3.28. The Kier molecular flexibility index (Phi) is 7.21. The standard InChI is InChI=1S/C22H26N2O4/c1-15-7-6-8-16(2)22(15)23-20(25)14-24(3)21(26)12-10-17-9-11-18(27-4)19(13-17)28-5/h6-13H,14H2,1-5H3,(H,23,25)/b12-10+. The summed E-state index contributed by atoms with van der Waals surface area (Å²) in [7, 11) is 4.71. The Morgan fingerprint density at radius 1 is 1.04 bits per heavy atom. The average Bonchev–Trinajstić information content (AvgIpc) is 2.68. The number of para-hydroxylation sites is 1. The van der Waals surface area contributed by atoms with Crippen LogP contribution in [-0.4, -0.2) is 44.5 Å². The minimum absolute atomic E-state index is 0.0388. The molecule has 148 valence electrons. The number of likely N-dealkylation sites (N-methyl/N-ethyl adjacent to an activating group) is 1. The molecular weight excluding hydrogens is 356 g/mol. The van der Waals surface area contributed by atoms with E-state index in [9.17, 15) is 9.59 Å². The molecule has 0 unspecified atom stereocenters. The molecule has 2 rings (SSSR count). The number of amides is 2. The zero-order valence-electron chi connectivity index (χ0n) is 16.9. The van der Waals surface area contributed by atoms with Gasteiger partial charge in [0, 0.05) is 18.8 Å². The molecule has 2 aromatic rings. The van der Waals surface area contributed by atoms with Crippen molar-refractivity contribution in [3.05, 3.63) is 59.2 Å². The number of carbonyl (C=O) groups excluding carboxylic acids is 2. The Balaban J connectivity index is 1.98. The molecule has 6 nitrogen and oxygen atoms in total. The van der Waals surface area contributed by atoms with E-state index >= 15 is 0 Å². The van der Waals surface area contributed by atoms with Gasteiger partial charge in [-0.2, -0.15) is 0 Å². The van der Waals surface area contributed by atoms with Crippen LogP contribution < -0.4 is 14.8 Å². The van der Waals surface area contributed by atoms with Gasteiger partial charge in [-0.15, -0.1) is 0 Å². The van der Waals surface area contributed by atoms with Gasteiger partial charge in [0.25, 0.3) is 0 Å². The van der Waals surface area contributed by atoms with E-state index in [2.05, 4.69) is 5.32 Å². The summed E-state index contributed by atoms with van der Waals surface area (Å²) in [5, 5.41) is 2.88. The maximum Gasteiger partial charge on any atom is 0.246 e. The summed E-state index contributed by atoms with van der Waals surface area (Å²) in [5.41, 5.74) is 3.54. The highest BCUT2D eigenvalue weighted by atomic mass is 16.5. The van der Waals surface area contributed by atoms with Crippen LogP contribution in [0.15, 0.2) is 42.5 Å². The van der Waals surface area contributed by atoms with Gasteiger partial charge in [0.15, 0.2) is 11.5 Å². The first-order chi connectivity index (χ1) is 13.3. The topological polar surface area (TPSA) is 67.9 Å². The summed E-state index contributed by atoms with van der Waals surface area (Å²) in [6.07, 6.45) is 3.09. The van der Waals surface area contributed by atoms with Crippen LogP contribution in [0, 0.1) is 13.8 Å². The molecule has 0 aromatic heterocycles. The molecule has 2 aromatic carbocycles.